The van der Waals surface area contributed by atoms with Gasteiger partial charge in [0, 0.05) is 46.9 Å². The van der Waals surface area contributed by atoms with E-state index in [2.05, 4.69) is 53.2 Å². The zero-order chi connectivity index (χ0) is 40.3. The van der Waals surface area contributed by atoms with Gasteiger partial charge in [-0.1, -0.05) is 60.2 Å². The maximum absolute atomic E-state index is 13.7. The highest BCUT2D eigenvalue weighted by molar-refractivity contribution is 6.08. The van der Waals surface area contributed by atoms with Crippen LogP contribution < -0.4 is 10.6 Å². The number of carbonyl (C=O) groups is 3. The van der Waals surface area contributed by atoms with E-state index in [4.69, 9.17) is 0 Å². The quantitative estimate of drug-likeness (QED) is 0.159. The van der Waals surface area contributed by atoms with Crippen molar-refractivity contribution in [1.82, 2.24) is 54.6 Å². The lowest BCUT2D eigenvalue weighted by molar-refractivity contribution is 0.0689. The van der Waals surface area contributed by atoms with Crippen molar-refractivity contribution in [3.63, 3.8) is 0 Å². The summed E-state index contributed by atoms with van der Waals surface area (Å²) >= 11 is 0. The van der Waals surface area contributed by atoms with Crippen LogP contribution >= 0.6 is 0 Å². The minimum Gasteiger partial charge on any atom is -0.347 e. The lowest BCUT2D eigenvalue weighted by Crippen LogP contribution is -2.42. The second-order valence-corrected chi connectivity index (χ2v) is 14.8. The molecule has 3 aromatic carbocycles. The van der Waals surface area contributed by atoms with Crippen molar-refractivity contribution in [2.24, 2.45) is 0 Å². The Kier molecular flexibility index (Phi) is 10.6. The molecular weight excluding hydrogens is 733 g/mol. The molecule has 15 nitrogen and oxygen atoms in total. The highest BCUT2D eigenvalue weighted by atomic mass is 16.2. The van der Waals surface area contributed by atoms with Gasteiger partial charge in [0.25, 0.3) is 17.7 Å². The monoisotopic (exact) mass is 776 g/mol. The van der Waals surface area contributed by atoms with Gasteiger partial charge in [0.1, 0.15) is 23.9 Å². The van der Waals surface area contributed by atoms with E-state index >= 15 is 0 Å². The highest BCUT2D eigenvalue weighted by Gasteiger charge is 2.29. The number of likely N-dealkylation sites (tertiary alicyclic amines) is 1. The first-order valence-electron chi connectivity index (χ1n) is 19.4. The molecule has 1 aliphatic heterocycles. The number of amides is 3. The van der Waals surface area contributed by atoms with Gasteiger partial charge in [0.15, 0.2) is 5.65 Å². The molecule has 0 spiro atoms. The smallest absolute Gasteiger partial charge is 0.261 e. The van der Waals surface area contributed by atoms with Gasteiger partial charge in [0.05, 0.1) is 30.5 Å². The summed E-state index contributed by atoms with van der Waals surface area (Å²) in [6.45, 7) is 8.96. The van der Waals surface area contributed by atoms with Crippen LogP contribution in [0.5, 0.6) is 0 Å². The van der Waals surface area contributed by atoms with Crippen molar-refractivity contribution in [2.45, 2.75) is 65.1 Å². The minimum absolute atomic E-state index is 0.0742. The molecular formula is C43H44N12O3. The van der Waals surface area contributed by atoms with E-state index in [1.807, 2.05) is 85.9 Å². The number of nitrogens with zero attached hydrogens (tertiary/aromatic N) is 10. The van der Waals surface area contributed by atoms with Crippen molar-refractivity contribution >= 4 is 29.1 Å². The van der Waals surface area contributed by atoms with E-state index in [1.54, 1.807) is 39.8 Å². The summed E-state index contributed by atoms with van der Waals surface area (Å²) in [5.74, 6) is -0.665. The number of anilines is 1. The number of benzene rings is 3. The Morgan fingerprint density at radius 1 is 0.879 bits per heavy atom. The van der Waals surface area contributed by atoms with Crippen LogP contribution in [-0.2, 0) is 0 Å². The SMILES string of the molecule is CCC(NC(=O)c1cccc(C(=O)N2CCC(n3cc(-c4ccc(NC(=O)c5cnn6c(C)cc(C)nc56)cc4)nn3)CC2)c1)C(c1ccc(C)cc1)n1cncn1. The molecule has 15 heteroatoms. The van der Waals surface area contributed by atoms with Gasteiger partial charge in [-0.3, -0.25) is 14.4 Å². The zero-order valence-electron chi connectivity index (χ0n) is 32.8. The molecule has 1 aliphatic rings. The normalized spacial score (nSPS) is 14.3. The number of hydrogen-bond donors (Lipinski definition) is 2. The number of aryl methyl sites for hydroxylation is 3. The number of rotatable bonds is 11. The third kappa shape index (κ3) is 7.83. The molecule has 5 heterocycles. The summed E-state index contributed by atoms with van der Waals surface area (Å²) < 4.78 is 5.30. The van der Waals surface area contributed by atoms with Crippen LogP contribution in [0.3, 0.4) is 0 Å². The first kappa shape index (κ1) is 37.9. The first-order valence-corrected chi connectivity index (χ1v) is 19.4. The number of hydrogen-bond acceptors (Lipinski definition) is 9. The highest BCUT2D eigenvalue weighted by Crippen LogP contribution is 2.27. The third-order valence-electron chi connectivity index (χ3n) is 10.7. The fraction of sp³-hybridized carbons (Fsp3) is 0.279. The van der Waals surface area contributed by atoms with E-state index in [-0.39, 0.29) is 35.8 Å². The van der Waals surface area contributed by atoms with Gasteiger partial charge in [-0.05, 0) is 82.0 Å². The Hall–Kier alpha value is -7.03. The topological polar surface area (TPSA) is 170 Å². The predicted octanol–water partition coefficient (Wildman–Crippen LogP) is 6.03. The maximum Gasteiger partial charge on any atom is 0.261 e. The Labute approximate surface area is 335 Å². The van der Waals surface area contributed by atoms with Gasteiger partial charge in [-0.15, -0.1) is 5.10 Å². The van der Waals surface area contributed by atoms with Crippen LogP contribution in [0.4, 0.5) is 5.69 Å². The van der Waals surface area contributed by atoms with Crippen LogP contribution in [-0.4, -0.2) is 86.1 Å². The van der Waals surface area contributed by atoms with Crippen molar-refractivity contribution < 1.29 is 14.4 Å². The molecule has 1 fully saturated rings. The van der Waals surface area contributed by atoms with Gasteiger partial charge in [-0.2, -0.15) is 10.2 Å². The standard InChI is InChI=1S/C43H44N12O3/c1-5-37(39(54-26-44-25-46-54)31-11-9-27(2)10-12-31)49-41(56)32-7-6-8-33(22-32)43(58)52-19-17-35(18-20-52)53-24-38(50-51-53)30-13-15-34(16-14-30)48-42(57)36-23-45-55-29(4)21-28(3)47-40(36)55/h6-16,21-26,35,37,39H,5,17-20H2,1-4H3,(H,48,57)(H,49,56). The van der Waals surface area contributed by atoms with Crippen molar-refractivity contribution in [2.75, 3.05) is 18.4 Å². The largest absolute Gasteiger partial charge is 0.347 e. The lowest BCUT2D eigenvalue weighted by atomic mass is 9.96. The summed E-state index contributed by atoms with van der Waals surface area (Å²) in [7, 11) is 0. The Morgan fingerprint density at radius 2 is 1.64 bits per heavy atom. The number of aromatic nitrogens is 9. The molecule has 3 amide bonds. The van der Waals surface area contributed by atoms with Crippen molar-refractivity contribution in [3.05, 3.63) is 143 Å². The van der Waals surface area contributed by atoms with Crippen molar-refractivity contribution in [3.8, 4) is 11.3 Å². The molecule has 294 valence electrons. The molecule has 2 N–H and O–H groups in total. The third-order valence-corrected chi connectivity index (χ3v) is 10.7. The zero-order valence-corrected chi connectivity index (χ0v) is 32.8. The fourth-order valence-electron chi connectivity index (χ4n) is 7.60. The van der Waals surface area contributed by atoms with Crippen LogP contribution in [0.15, 0.2) is 104 Å². The lowest BCUT2D eigenvalue weighted by Gasteiger charge is -2.32. The average molecular weight is 777 g/mol. The van der Waals surface area contributed by atoms with E-state index in [1.165, 1.54) is 12.5 Å². The minimum atomic E-state index is -0.290. The number of fused-ring (bicyclic) bond motifs is 1. The molecule has 4 aromatic heterocycles. The summed E-state index contributed by atoms with van der Waals surface area (Å²) in [5, 5.41) is 23.7. The van der Waals surface area contributed by atoms with Crippen molar-refractivity contribution in [1.29, 1.82) is 0 Å². The second-order valence-electron chi connectivity index (χ2n) is 14.8. The number of carbonyl (C=O) groups excluding carboxylic acids is 3. The first-order chi connectivity index (χ1) is 28.1. The second kappa shape index (κ2) is 16.2. The molecule has 0 saturated carbocycles. The van der Waals surface area contributed by atoms with Crippen LogP contribution in [0.25, 0.3) is 16.9 Å². The predicted molar refractivity (Wildman–Crippen MR) is 217 cm³/mol. The Morgan fingerprint density at radius 3 is 2.36 bits per heavy atom. The van der Waals surface area contributed by atoms with Crippen LogP contribution in [0.1, 0.15) is 91.9 Å². The molecule has 2 atom stereocenters. The summed E-state index contributed by atoms with van der Waals surface area (Å²) in [5.41, 5.74) is 7.87. The molecule has 1 saturated heterocycles. The summed E-state index contributed by atoms with van der Waals surface area (Å²) in [4.78, 5) is 51.0. The van der Waals surface area contributed by atoms with E-state index in [0.717, 1.165) is 28.1 Å². The molecule has 58 heavy (non-hydrogen) atoms. The Balaban J connectivity index is 0.870. The molecule has 7 aromatic rings. The van der Waals surface area contributed by atoms with Gasteiger partial charge >= 0.3 is 0 Å². The van der Waals surface area contributed by atoms with Gasteiger partial charge < -0.3 is 15.5 Å². The number of nitrogens with one attached hydrogen (secondary N) is 2. The molecule has 2 unspecified atom stereocenters. The molecule has 0 aliphatic carbocycles. The Bertz CT molecular complexity index is 2570. The van der Waals surface area contributed by atoms with E-state index < -0.39 is 0 Å². The molecule has 8 rings (SSSR count). The molecule has 0 bridgehead atoms. The van der Waals surface area contributed by atoms with Crippen LogP contribution in [0.2, 0.25) is 0 Å². The fourth-order valence-corrected chi connectivity index (χ4v) is 7.60. The van der Waals surface area contributed by atoms with E-state index in [9.17, 15) is 14.4 Å². The molecule has 0 radical (unpaired) electrons. The summed E-state index contributed by atoms with van der Waals surface area (Å²) in [6, 6.07) is 24.0. The maximum atomic E-state index is 13.7. The van der Waals surface area contributed by atoms with Crippen LogP contribution in [0, 0.1) is 20.8 Å². The number of piperidine rings is 1. The van der Waals surface area contributed by atoms with Gasteiger partial charge in [-0.25, -0.2) is 23.8 Å². The van der Waals surface area contributed by atoms with Gasteiger partial charge in [0.2, 0.25) is 0 Å². The van der Waals surface area contributed by atoms with E-state index in [0.29, 0.717) is 66.1 Å². The average Bonchev–Trinajstić information content (AvgIpc) is 4.04. The summed E-state index contributed by atoms with van der Waals surface area (Å²) in [6.07, 6.45) is 8.67.